The predicted octanol–water partition coefficient (Wildman–Crippen LogP) is 4.11. The third-order valence-electron chi connectivity index (χ3n) is 3.78. The molecule has 0 rings (SSSR count). The van der Waals surface area contributed by atoms with Crippen LogP contribution in [0.5, 0.6) is 0 Å². The quantitative estimate of drug-likeness (QED) is 0.585. The van der Waals surface area contributed by atoms with Crippen LogP contribution in [0.15, 0.2) is 0 Å². The zero-order valence-corrected chi connectivity index (χ0v) is 10.6. The van der Waals surface area contributed by atoms with Gasteiger partial charge in [-0.05, 0) is 25.2 Å². The van der Waals surface area contributed by atoms with Crippen molar-refractivity contribution in [2.24, 2.45) is 11.7 Å². The third kappa shape index (κ3) is 4.00. The van der Waals surface area contributed by atoms with Gasteiger partial charge in [0.2, 0.25) is 0 Å². The average molecular weight is 199 g/mol. The van der Waals surface area contributed by atoms with E-state index in [-0.39, 0.29) is 5.54 Å². The van der Waals surface area contributed by atoms with E-state index in [9.17, 15) is 0 Å². The minimum absolute atomic E-state index is 0.0997. The lowest BCUT2D eigenvalue weighted by Gasteiger charge is -2.36. The zero-order valence-electron chi connectivity index (χ0n) is 10.6. The van der Waals surface area contributed by atoms with E-state index in [4.69, 9.17) is 5.73 Å². The molecule has 0 aliphatic rings. The number of hydrogen-bond acceptors (Lipinski definition) is 1. The van der Waals surface area contributed by atoms with Crippen molar-refractivity contribution in [3.05, 3.63) is 0 Å². The van der Waals surface area contributed by atoms with Gasteiger partial charge in [0.25, 0.3) is 0 Å². The summed E-state index contributed by atoms with van der Waals surface area (Å²) in [6.45, 7) is 9.00. The monoisotopic (exact) mass is 199 g/mol. The molecule has 0 aromatic carbocycles. The average Bonchev–Trinajstić information content (AvgIpc) is 2.23. The molecule has 0 aliphatic heterocycles. The Balaban J connectivity index is 4.08. The highest BCUT2D eigenvalue weighted by atomic mass is 14.7. The first-order valence-electron chi connectivity index (χ1n) is 6.43. The van der Waals surface area contributed by atoms with E-state index in [1.54, 1.807) is 0 Å². The van der Waals surface area contributed by atoms with Crippen molar-refractivity contribution in [2.45, 2.75) is 78.2 Å². The standard InChI is InChI=1S/C13H29N/c1-5-9-10-11-12(6-2)13(14,7-3)8-4/h12H,5-11,14H2,1-4H3. The first kappa shape index (κ1) is 14.0. The highest BCUT2D eigenvalue weighted by Crippen LogP contribution is 2.29. The molecule has 0 aromatic heterocycles. The maximum Gasteiger partial charge on any atom is 0.0177 e. The van der Waals surface area contributed by atoms with Crippen molar-refractivity contribution < 1.29 is 0 Å². The first-order valence-corrected chi connectivity index (χ1v) is 6.43. The summed E-state index contributed by atoms with van der Waals surface area (Å²) >= 11 is 0. The van der Waals surface area contributed by atoms with Crippen molar-refractivity contribution in [1.29, 1.82) is 0 Å². The molecule has 0 saturated carbocycles. The molecule has 86 valence electrons. The van der Waals surface area contributed by atoms with Gasteiger partial charge in [-0.3, -0.25) is 0 Å². The van der Waals surface area contributed by atoms with Crippen LogP contribution in [0.2, 0.25) is 0 Å². The molecule has 1 heteroatoms. The van der Waals surface area contributed by atoms with Crippen molar-refractivity contribution in [2.75, 3.05) is 0 Å². The maximum atomic E-state index is 6.43. The fourth-order valence-electron chi connectivity index (χ4n) is 2.37. The Hall–Kier alpha value is -0.0400. The van der Waals surface area contributed by atoms with Gasteiger partial charge in [0.1, 0.15) is 0 Å². The Morgan fingerprint density at radius 2 is 1.57 bits per heavy atom. The maximum absolute atomic E-state index is 6.43. The van der Waals surface area contributed by atoms with Crippen molar-refractivity contribution in [3.63, 3.8) is 0 Å². The number of hydrogen-bond donors (Lipinski definition) is 1. The van der Waals surface area contributed by atoms with Gasteiger partial charge in [-0.15, -0.1) is 0 Å². The Labute approximate surface area is 90.5 Å². The van der Waals surface area contributed by atoms with Crippen LogP contribution in [-0.2, 0) is 0 Å². The van der Waals surface area contributed by atoms with Crippen LogP contribution >= 0.6 is 0 Å². The van der Waals surface area contributed by atoms with Crippen LogP contribution in [0.3, 0.4) is 0 Å². The molecule has 1 atom stereocenters. The smallest absolute Gasteiger partial charge is 0.0177 e. The van der Waals surface area contributed by atoms with Crippen LogP contribution in [0, 0.1) is 5.92 Å². The SMILES string of the molecule is CCCCCC(CC)C(N)(CC)CC. The second-order valence-electron chi connectivity index (χ2n) is 4.54. The molecule has 2 N–H and O–H groups in total. The highest BCUT2D eigenvalue weighted by molar-refractivity contribution is 4.88. The minimum atomic E-state index is 0.0997. The molecule has 0 fully saturated rings. The van der Waals surface area contributed by atoms with Gasteiger partial charge >= 0.3 is 0 Å². The molecule has 1 nitrogen and oxygen atoms in total. The molecule has 0 bridgehead atoms. The van der Waals surface area contributed by atoms with Crippen molar-refractivity contribution in [3.8, 4) is 0 Å². The van der Waals surface area contributed by atoms with Crippen molar-refractivity contribution >= 4 is 0 Å². The summed E-state index contributed by atoms with van der Waals surface area (Å²) in [6, 6.07) is 0. The Kier molecular flexibility index (Phi) is 7.26. The van der Waals surface area contributed by atoms with E-state index < -0.39 is 0 Å². The topological polar surface area (TPSA) is 26.0 Å². The molecular weight excluding hydrogens is 170 g/mol. The molecule has 0 saturated heterocycles. The first-order chi connectivity index (χ1) is 6.64. The van der Waals surface area contributed by atoms with Gasteiger partial charge in [0.15, 0.2) is 0 Å². The molecule has 0 aliphatic carbocycles. The van der Waals surface area contributed by atoms with Gasteiger partial charge in [0.05, 0.1) is 0 Å². The second-order valence-corrected chi connectivity index (χ2v) is 4.54. The Morgan fingerprint density at radius 3 is 1.93 bits per heavy atom. The minimum Gasteiger partial charge on any atom is -0.325 e. The lowest BCUT2D eigenvalue weighted by atomic mass is 9.76. The van der Waals surface area contributed by atoms with E-state index in [0.717, 1.165) is 18.8 Å². The fraction of sp³-hybridized carbons (Fsp3) is 1.00. The van der Waals surface area contributed by atoms with Gasteiger partial charge in [0, 0.05) is 5.54 Å². The van der Waals surface area contributed by atoms with E-state index in [0.29, 0.717) is 0 Å². The van der Waals surface area contributed by atoms with E-state index in [1.165, 1.54) is 32.1 Å². The molecule has 14 heavy (non-hydrogen) atoms. The summed E-state index contributed by atoms with van der Waals surface area (Å²) in [4.78, 5) is 0. The number of nitrogens with two attached hydrogens (primary N) is 1. The zero-order chi connectivity index (χ0) is 11.0. The predicted molar refractivity (Wildman–Crippen MR) is 65.4 cm³/mol. The van der Waals surface area contributed by atoms with E-state index >= 15 is 0 Å². The Morgan fingerprint density at radius 1 is 1.00 bits per heavy atom. The summed E-state index contributed by atoms with van der Waals surface area (Å²) in [6.07, 6.45) is 8.83. The molecule has 0 radical (unpaired) electrons. The lowest BCUT2D eigenvalue weighted by Crippen LogP contribution is -2.45. The van der Waals surface area contributed by atoms with Crippen LogP contribution < -0.4 is 5.73 Å². The third-order valence-corrected chi connectivity index (χ3v) is 3.78. The van der Waals surface area contributed by atoms with Crippen LogP contribution in [0.25, 0.3) is 0 Å². The lowest BCUT2D eigenvalue weighted by molar-refractivity contribution is 0.225. The second kappa shape index (κ2) is 7.28. The summed E-state index contributed by atoms with van der Waals surface area (Å²) < 4.78 is 0. The fourth-order valence-corrected chi connectivity index (χ4v) is 2.37. The largest absolute Gasteiger partial charge is 0.325 e. The molecule has 0 spiro atoms. The molecule has 0 aromatic rings. The van der Waals surface area contributed by atoms with Crippen molar-refractivity contribution in [1.82, 2.24) is 0 Å². The highest BCUT2D eigenvalue weighted by Gasteiger charge is 2.29. The molecular formula is C13H29N. The molecule has 1 unspecified atom stereocenters. The number of rotatable bonds is 8. The Bertz CT molecular complexity index is 127. The van der Waals surface area contributed by atoms with Gasteiger partial charge < -0.3 is 5.73 Å². The number of unbranched alkanes of at least 4 members (excludes halogenated alkanes) is 2. The van der Waals surface area contributed by atoms with Crippen LogP contribution in [-0.4, -0.2) is 5.54 Å². The van der Waals surface area contributed by atoms with Gasteiger partial charge in [-0.1, -0.05) is 53.4 Å². The van der Waals surface area contributed by atoms with Gasteiger partial charge in [-0.2, -0.15) is 0 Å². The van der Waals surface area contributed by atoms with Crippen LogP contribution in [0.4, 0.5) is 0 Å². The molecule has 0 amide bonds. The van der Waals surface area contributed by atoms with Crippen LogP contribution in [0.1, 0.15) is 72.6 Å². The molecule has 0 heterocycles. The normalized spacial score (nSPS) is 14.4. The van der Waals surface area contributed by atoms with E-state index in [2.05, 4.69) is 27.7 Å². The van der Waals surface area contributed by atoms with Gasteiger partial charge in [-0.25, -0.2) is 0 Å². The summed E-state index contributed by atoms with van der Waals surface area (Å²) in [7, 11) is 0. The summed E-state index contributed by atoms with van der Waals surface area (Å²) in [5.74, 6) is 0.726. The summed E-state index contributed by atoms with van der Waals surface area (Å²) in [5, 5.41) is 0. The summed E-state index contributed by atoms with van der Waals surface area (Å²) in [5.41, 5.74) is 6.53. The van der Waals surface area contributed by atoms with E-state index in [1.807, 2.05) is 0 Å².